The van der Waals surface area contributed by atoms with Crippen molar-refractivity contribution in [2.45, 2.75) is 40.2 Å². The van der Waals surface area contributed by atoms with E-state index in [1.165, 1.54) is 12.0 Å². The molecule has 0 aliphatic heterocycles. The first-order chi connectivity index (χ1) is 9.93. The first-order valence-corrected chi connectivity index (χ1v) is 8.00. The van der Waals surface area contributed by atoms with Crippen molar-refractivity contribution in [3.63, 3.8) is 0 Å². The number of benzene rings is 1. The van der Waals surface area contributed by atoms with E-state index in [-0.39, 0.29) is 5.41 Å². The Kier molecular flexibility index (Phi) is 7.76. The average molecular weight is 292 g/mol. The first-order valence-electron chi connectivity index (χ1n) is 8.00. The van der Waals surface area contributed by atoms with Gasteiger partial charge >= 0.3 is 0 Å². The third-order valence-corrected chi connectivity index (χ3v) is 3.37. The second-order valence-electron chi connectivity index (χ2n) is 6.85. The van der Waals surface area contributed by atoms with Gasteiger partial charge in [0, 0.05) is 19.6 Å². The van der Waals surface area contributed by atoms with E-state index in [4.69, 9.17) is 4.74 Å². The van der Waals surface area contributed by atoms with Crippen LogP contribution in [0.25, 0.3) is 0 Å². The summed E-state index contributed by atoms with van der Waals surface area (Å²) < 4.78 is 5.68. The summed E-state index contributed by atoms with van der Waals surface area (Å²) in [5.41, 5.74) is 1.59. The Balaban J connectivity index is 2.32. The largest absolute Gasteiger partial charge is 0.494 e. The van der Waals surface area contributed by atoms with E-state index in [1.807, 2.05) is 0 Å². The number of nitrogens with zero attached hydrogens (tertiary/aromatic N) is 1. The van der Waals surface area contributed by atoms with Crippen molar-refractivity contribution in [1.29, 1.82) is 0 Å². The van der Waals surface area contributed by atoms with Crippen LogP contribution in [0, 0.1) is 5.41 Å². The fourth-order valence-electron chi connectivity index (χ4n) is 2.50. The fourth-order valence-corrected chi connectivity index (χ4v) is 2.50. The van der Waals surface area contributed by atoms with Crippen molar-refractivity contribution in [3.8, 4) is 5.75 Å². The van der Waals surface area contributed by atoms with Gasteiger partial charge in [0.25, 0.3) is 0 Å². The third kappa shape index (κ3) is 8.08. The number of ether oxygens (including phenoxy) is 1. The van der Waals surface area contributed by atoms with E-state index in [2.05, 4.69) is 69.3 Å². The predicted molar refractivity (Wildman–Crippen MR) is 90.9 cm³/mol. The second-order valence-corrected chi connectivity index (χ2v) is 6.85. The summed E-state index contributed by atoms with van der Waals surface area (Å²) in [6.07, 6.45) is 2.29. The summed E-state index contributed by atoms with van der Waals surface area (Å²) in [6.45, 7) is 10.6. The summed E-state index contributed by atoms with van der Waals surface area (Å²) in [5, 5.41) is 3.55. The van der Waals surface area contributed by atoms with E-state index < -0.39 is 0 Å². The molecule has 0 amide bonds. The van der Waals surface area contributed by atoms with Gasteiger partial charge in [0.1, 0.15) is 5.75 Å². The summed E-state index contributed by atoms with van der Waals surface area (Å²) in [4.78, 5) is 2.24. The van der Waals surface area contributed by atoms with Crippen LogP contribution < -0.4 is 10.1 Å². The lowest BCUT2D eigenvalue weighted by Crippen LogP contribution is -2.37. The van der Waals surface area contributed by atoms with E-state index in [1.54, 1.807) is 0 Å². The monoisotopic (exact) mass is 292 g/mol. The molecular formula is C18H32N2O. The molecule has 0 saturated carbocycles. The highest BCUT2D eigenvalue weighted by molar-refractivity contribution is 5.27. The number of nitrogens with one attached hydrogen (secondary N) is 1. The van der Waals surface area contributed by atoms with Gasteiger partial charge in [-0.15, -0.1) is 0 Å². The quantitative estimate of drug-likeness (QED) is 0.668. The molecule has 0 fully saturated rings. The molecule has 0 saturated heterocycles. The van der Waals surface area contributed by atoms with Crippen LogP contribution in [0.2, 0.25) is 0 Å². The van der Waals surface area contributed by atoms with Crippen LogP contribution in [0.5, 0.6) is 5.75 Å². The third-order valence-electron chi connectivity index (χ3n) is 3.37. The normalized spacial score (nSPS) is 11.9. The molecule has 0 unspecified atom stereocenters. The van der Waals surface area contributed by atoms with Crippen molar-refractivity contribution in [1.82, 2.24) is 10.2 Å². The van der Waals surface area contributed by atoms with Crippen LogP contribution >= 0.6 is 0 Å². The maximum atomic E-state index is 5.68. The van der Waals surface area contributed by atoms with Gasteiger partial charge in [-0.3, -0.25) is 0 Å². The smallest absolute Gasteiger partial charge is 0.119 e. The fraction of sp³-hybridized carbons (Fsp3) is 0.667. The van der Waals surface area contributed by atoms with Crippen molar-refractivity contribution >= 4 is 0 Å². The van der Waals surface area contributed by atoms with Gasteiger partial charge in [-0.2, -0.15) is 0 Å². The topological polar surface area (TPSA) is 24.5 Å². The van der Waals surface area contributed by atoms with E-state index in [9.17, 15) is 0 Å². The zero-order chi connectivity index (χ0) is 15.7. The molecular weight excluding hydrogens is 260 g/mol. The maximum absolute atomic E-state index is 5.68. The lowest BCUT2D eigenvalue weighted by atomic mass is 9.93. The molecule has 120 valence electrons. The molecule has 21 heavy (non-hydrogen) atoms. The van der Waals surface area contributed by atoms with E-state index in [0.717, 1.165) is 38.4 Å². The molecule has 1 aromatic carbocycles. The Morgan fingerprint density at radius 3 is 2.38 bits per heavy atom. The number of hydrogen-bond acceptors (Lipinski definition) is 3. The van der Waals surface area contributed by atoms with Crippen LogP contribution in [0.3, 0.4) is 0 Å². The van der Waals surface area contributed by atoms with Gasteiger partial charge in [0.05, 0.1) is 6.61 Å². The summed E-state index contributed by atoms with van der Waals surface area (Å²) in [7, 11) is 4.25. The standard InChI is InChI=1S/C18H32N2O/c1-6-7-12-21-17-10-8-16(9-11-17)13-19-14-18(2,3)15-20(4)5/h8-11,19H,6-7,12-15H2,1-5H3. The van der Waals surface area contributed by atoms with E-state index >= 15 is 0 Å². The highest BCUT2D eigenvalue weighted by atomic mass is 16.5. The van der Waals surface area contributed by atoms with Crippen LogP contribution in [0.15, 0.2) is 24.3 Å². The van der Waals surface area contributed by atoms with Crippen LogP contribution in [0.1, 0.15) is 39.2 Å². The maximum Gasteiger partial charge on any atom is 0.119 e. The van der Waals surface area contributed by atoms with Crippen molar-refractivity contribution in [3.05, 3.63) is 29.8 Å². The molecule has 3 nitrogen and oxygen atoms in total. The Labute approximate surface area is 130 Å². The summed E-state index contributed by atoms with van der Waals surface area (Å²) in [6, 6.07) is 8.43. The molecule has 0 aromatic heterocycles. The molecule has 0 aliphatic carbocycles. The average Bonchev–Trinajstić information content (AvgIpc) is 2.39. The molecule has 0 spiro atoms. The minimum atomic E-state index is 0.284. The van der Waals surface area contributed by atoms with Gasteiger partial charge in [0.2, 0.25) is 0 Å². The Morgan fingerprint density at radius 2 is 1.81 bits per heavy atom. The van der Waals surface area contributed by atoms with Gasteiger partial charge in [-0.25, -0.2) is 0 Å². The molecule has 1 N–H and O–H groups in total. The van der Waals surface area contributed by atoms with Crippen molar-refractivity contribution in [2.75, 3.05) is 33.8 Å². The highest BCUT2D eigenvalue weighted by Crippen LogP contribution is 2.15. The van der Waals surface area contributed by atoms with Crippen molar-refractivity contribution < 1.29 is 4.74 Å². The molecule has 1 rings (SSSR count). The Morgan fingerprint density at radius 1 is 1.14 bits per heavy atom. The van der Waals surface area contributed by atoms with Gasteiger partial charge in [0.15, 0.2) is 0 Å². The predicted octanol–water partition coefficient (Wildman–Crippen LogP) is 3.54. The molecule has 0 bridgehead atoms. The first kappa shape index (κ1) is 18.0. The Bertz CT molecular complexity index is 385. The molecule has 0 aliphatic rings. The van der Waals surface area contributed by atoms with Gasteiger partial charge < -0.3 is 15.0 Å². The van der Waals surface area contributed by atoms with Crippen LogP contribution in [-0.4, -0.2) is 38.7 Å². The summed E-state index contributed by atoms with van der Waals surface area (Å²) >= 11 is 0. The Hall–Kier alpha value is -1.06. The van der Waals surface area contributed by atoms with Crippen LogP contribution in [0.4, 0.5) is 0 Å². The summed E-state index contributed by atoms with van der Waals surface area (Å²) in [5.74, 6) is 0.972. The molecule has 3 heteroatoms. The minimum Gasteiger partial charge on any atom is -0.494 e. The minimum absolute atomic E-state index is 0.284. The molecule has 1 aromatic rings. The number of unbranched alkanes of at least 4 members (excludes halogenated alkanes) is 1. The van der Waals surface area contributed by atoms with Gasteiger partial charge in [-0.1, -0.05) is 39.3 Å². The SMILES string of the molecule is CCCCOc1ccc(CNCC(C)(C)CN(C)C)cc1. The molecule has 0 heterocycles. The number of hydrogen-bond donors (Lipinski definition) is 1. The zero-order valence-electron chi connectivity index (χ0n) is 14.4. The highest BCUT2D eigenvalue weighted by Gasteiger charge is 2.17. The molecule has 0 radical (unpaired) electrons. The lowest BCUT2D eigenvalue weighted by molar-refractivity contribution is 0.232. The second kappa shape index (κ2) is 9.06. The van der Waals surface area contributed by atoms with Crippen LogP contribution in [-0.2, 0) is 6.54 Å². The number of rotatable bonds is 10. The van der Waals surface area contributed by atoms with Crippen molar-refractivity contribution in [2.24, 2.45) is 5.41 Å². The van der Waals surface area contributed by atoms with E-state index in [0.29, 0.717) is 0 Å². The zero-order valence-corrected chi connectivity index (χ0v) is 14.4. The molecule has 0 atom stereocenters. The lowest BCUT2D eigenvalue weighted by Gasteiger charge is -2.28. The van der Waals surface area contributed by atoms with Gasteiger partial charge in [-0.05, 0) is 43.6 Å².